The Morgan fingerprint density at radius 3 is 3.10 bits per heavy atom. The van der Waals surface area contributed by atoms with Crippen molar-refractivity contribution < 1.29 is 13.2 Å². The van der Waals surface area contributed by atoms with Crippen molar-refractivity contribution in [3.05, 3.63) is 36.0 Å². The highest BCUT2D eigenvalue weighted by atomic mass is 32.2. The molecule has 1 saturated carbocycles. The highest BCUT2D eigenvalue weighted by Crippen LogP contribution is 2.29. The van der Waals surface area contributed by atoms with Crippen LogP contribution in [0.5, 0.6) is 0 Å². The van der Waals surface area contributed by atoms with Crippen molar-refractivity contribution in [3.8, 4) is 11.8 Å². The van der Waals surface area contributed by atoms with E-state index < -0.39 is 11.3 Å². The van der Waals surface area contributed by atoms with Crippen LogP contribution in [-0.2, 0) is 22.0 Å². The number of nitrogens with two attached hydrogens (primary N) is 1. The van der Waals surface area contributed by atoms with Gasteiger partial charge in [-0.05, 0) is 31.2 Å². The molecule has 0 saturated heterocycles. The monoisotopic (exact) mass is 416 g/mol. The Labute approximate surface area is 172 Å². The molecule has 3 unspecified atom stereocenters. The van der Waals surface area contributed by atoms with Gasteiger partial charge in [0.05, 0.1) is 12.2 Å². The summed E-state index contributed by atoms with van der Waals surface area (Å²) in [5.41, 5.74) is 0.699. The van der Waals surface area contributed by atoms with Gasteiger partial charge in [0.25, 0.3) is 0 Å². The largest absolute Gasteiger partial charge is 0.367 e. The van der Waals surface area contributed by atoms with Gasteiger partial charge in [0.15, 0.2) is 0 Å². The van der Waals surface area contributed by atoms with Gasteiger partial charge < -0.3 is 5.32 Å². The summed E-state index contributed by atoms with van der Waals surface area (Å²) in [5, 5.41) is 12.8. The third-order valence-corrected chi connectivity index (χ3v) is 5.04. The molecule has 1 aliphatic rings. The molecule has 154 valence electrons. The van der Waals surface area contributed by atoms with Crippen molar-refractivity contribution in [2.24, 2.45) is 11.1 Å². The molecule has 3 rings (SSSR count). The van der Waals surface area contributed by atoms with Crippen LogP contribution in [0, 0.1) is 17.8 Å². The zero-order valence-corrected chi connectivity index (χ0v) is 17.0. The normalized spacial score (nSPS) is 19.4. The molecule has 3 N–H and O–H groups in total. The smallest absolute Gasteiger partial charge is 0.231 e. The Morgan fingerprint density at radius 2 is 2.31 bits per heavy atom. The summed E-state index contributed by atoms with van der Waals surface area (Å²) in [6, 6.07) is 1.81. The Kier molecular flexibility index (Phi) is 7.46. The van der Waals surface area contributed by atoms with Crippen LogP contribution >= 0.6 is 0 Å². The SMILES string of the molecule is CCC#CCn1ccc(C(=O)c2cncnc2NC2CCC(COS(N)=O)C2)n1. The lowest BCUT2D eigenvalue weighted by Crippen LogP contribution is -2.20. The molecule has 10 heteroatoms. The minimum atomic E-state index is -1.75. The van der Waals surface area contributed by atoms with Gasteiger partial charge in [-0.1, -0.05) is 12.8 Å². The van der Waals surface area contributed by atoms with Crippen LogP contribution in [0.25, 0.3) is 0 Å². The maximum atomic E-state index is 12.9. The van der Waals surface area contributed by atoms with E-state index >= 15 is 0 Å². The Hall–Kier alpha value is -2.61. The van der Waals surface area contributed by atoms with Gasteiger partial charge in [-0.15, -0.1) is 5.92 Å². The number of rotatable bonds is 8. The molecule has 2 heterocycles. The number of hydrogen-bond donors (Lipinski definition) is 2. The molecular weight excluding hydrogens is 392 g/mol. The van der Waals surface area contributed by atoms with Gasteiger partial charge in [0, 0.05) is 24.9 Å². The van der Waals surface area contributed by atoms with Gasteiger partial charge in [0.2, 0.25) is 17.0 Å². The van der Waals surface area contributed by atoms with Crippen LogP contribution in [-0.4, -0.2) is 42.4 Å². The van der Waals surface area contributed by atoms with E-state index in [1.54, 1.807) is 16.9 Å². The Bertz CT molecular complexity index is 935. The first-order valence-electron chi connectivity index (χ1n) is 9.46. The van der Waals surface area contributed by atoms with E-state index in [0.717, 1.165) is 25.7 Å². The predicted octanol–water partition coefficient (Wildman–Crippen LogP) is 1.45. The van der Waals surface area contributed by atoms with E-state index in [2.05, 4.69) is 32.2 Å². The predicted molar refractivity (Wildman–Crippen MR) is 109 cm³/mol. The van der Waals surface area contributed by atoms with Crippen LogP contribution in [0.15, 0.2) is 24.8 Å². The van der Waals surface area contributed by atoms with E-state index in [1.807, 2.05) is 6.92 Å². The lowest BCUT2D eigenvalue weighted by atomic mass is 10.1. The number of carbonyl (C=O) groups excluding carboxylic acids is 1. The first-order chi connectivity index (χ1) is 14.1. The van der Waals surface area contributed by atoms with Crippen LogP contribution < -0.4 is 10.5 Å². The Balaban J connectivity index is 1.66. The summed E-state index contributed by atoms with van der Waals surface area (Å²) in [5.74, 6) is 6.47. The fourth-order valence-electron chi connectivity index (χ4n) is 3.30. The fourth-order valence-corrected chi connectivity index (χ4v) is 3.62. The van der Waals surface area contributed by atoms with E-state index in [4.69, 9.17) is 9.32 Å². The molecule has 0 radical (unpaired) electrons. The van der Waals surface area contributed by atoms with E-state index in [9.17, 15) is 9.00 Å². The number of ketones is 1. The summed E-state index contributed by atoms with van der Waals surface area (Å²) >= 11 is -1.75. The minimum absolute atomic E-state index is 0.137. The average molecular weight is 417 g/mol. The van der Waals surface area contributed by atoms with Gasteiger partial charge in [-0.25, -0.2) is 19.3 Å². The number of anilines is 1. The Morgan fingerprint density at radius 1 is 1.45 bits per heavy atom. The lowest BCUT2D eigenvalue weighted by molar-refractivity contribution is 0.103. The van der Waals surface area contributed by atoms with Crippen molar-refractivity contribution in [2.75, 3.05) is 11.9 Å². The topological polar surface area (TPSA) is 125 Å². The van der Waals surface area contributed by atoms with Gasteiger partial charge >= 0.3 is 0 Å². The number of nitrogens with one attached hydrogen (secondary N) is 1. The standard InChI is InChI=1S/C19H24N6O3S/c1-2-3-4-8-25-9-7-17(24-25)18(26)16-11-21-13-22-19(16)23-15-6-5-14(10-15)12-28-29(20)27/h7,9,11,13-15H,2,5-6,8,10,12,20H2,1H3,(H,21,22,23). The third-order valence-electron chi connectivity index (χ3n) is 4.67. The molecule has 9 nitrogen and oxygen atoms in total. The van der Waals surface area contributed by atoms with Gasteiger partial charge in [-0.2, -0.15) is 5.10 Å². The summed E-state index contributed by atoms with van der Waals surface area (Å²) in [7, 11) is 0. The van der Waals surface area contributed by atoms with Crippen molar-refractivity contribution in [1.29, 1.82) is 0 Å². The molecule has 3 atom stereocenters. The third kappa shape index (κ3) is 5.93. The molecule has 0 bridgehead atoms. The van der Waals surface area contributed by atoms with Gasteiger partial charge in [-0.3, -0.25) is 13.7 Å². The van der Waals surface area contributed by atoms with Crippen LogP contribution in [0.2, 0.25) is 0 Å². The van der Waals surface area contributed by atoms with Crippen LogP contribution in [0.1, 0.15) is 48.7 Å². The van der Waals surface area contributed by atoms with Crippen molar-refractivity contribution in [1.82, 2.24) is 19.7 Å². The van der Waals surface area contributed by atoms with Crippen LogP contribution in [0.4, 0.5) is 5.82 Å². The first kappa shape index (κ1) is 21.1. The molecule has 29 heavy (non-hydrogen) atoms. The zero-order chi connectivity index (χ0) is 20.6. The second-order valence-corrected chi connectivity index (χ2v) is 7.54. The summed E-state index contributed by atoms with van der Waals surface area (Å²) in [4.78, 5) is 21.2. The number of carbonyl (C=O) groups is 1. The van der Waals surface area contributed by atoms with E-state index in [1.165, 1.54) is 12.5 Å². The summed E-state index contributed by atoms with van der Waals surface area (Å²) < 4.78 is 17.5. The molecule has 0 aromatic carbocycles. The van der Waals surface area contributed by atoms with Crippen molar-refractivity contribution >= 4 is 22.9 Å². The molecule has 0 amide bonds. The maximum Gasteiger partial charge on any atom is 0.231 e. The molecule has 1 aliphatic carbocycles. The second kappa shape index (κ2) is 10.2. The van der Waals surface area contributed by atoms with Crippen molar-refractivity contribution in [2.45, 2.75) is 45.2 Å². The quantitative estimate of drug-likeness (QED) is 0.493. The number of nitrogens with zero attached hydrogens (tertiary/aromatic N) is 4. The highest BCUT2D eigenvalue weighted by Gasteiger charge is 2.27. The number of hydrogen-bond acceptors (Lipinski definition) is 7. The van der Waals surface area contributed by atoms with E-state index in [0.29, 0.717) is 30.2 Å². The van der Waals surface area contributed by atoms with Crippen molar-refractivity contribution in [3.63, 3.8) is 0 Å². The molecule has 2 aromatic heterocycles. The molecule has 0 aliphatic heterocycles. The fraction of sp³-hybridized carbons (Fsp3) is 0.474. The average Bonchev–Trinajstić information content (AvgIpc) is 3.36. The van der Waals surface area contributed by atoms with E-state index in [-0.39, 0.29) is 17.7 Å². The molecular formula is C19H24N6O3S. The lowest BCUT2D eigenvalue weighted by Gasteiger charge is -2.15. The molecule has 2 aromatic rings. The second-order valence-electron chi connectivity index (χ2n) is 6.79. The summed E-state index contributed by atoms with van der Waals surface area (Å²) in [6.45, 7) is 2.78. The molecule has 0 spiro atoms. The summed E-state index contributed by atoms with van der Waals surface area (Å²) in [6.07, 6.45) is 8.06. The first-order valence-corrected chi connectivity index (χ1v) is 10.6. The number of aromatic nitrogens is 4. The minimum Gasteiger partial charge on any atom is -0.367 e. The van der Waals surface area contributed by atoms with Crippen LogP contribution in [0.3, 0.4) is 0 Å². The highest BCUT2D eigenvalue weighted by molar-refractivity contribution is 7.77. The zero-order valence-electron chi connectivity index (χ0n) is 16.2. The van der Waals surface area contributed by atoms with Gasteiger partial charge in [0.1, 0.15) is 24.4 Å². The molecule has 1 fully saturated rings. The maximum absolute atomic E-state index is 12.9.